The van der Waals surface area contributed by atoms with Crippen molar-refractivity contribution in [3.8, 4) is 0 Å². The number of halogens is 1. The molecule has 1 spiro atoms. The molecule has 3 heterocycles. The summed E-state index contributed by atoms with van der Waals surface area (Å²) in [6, 6.07) is 5.26. The number of hydrogen-bond acceptors (Lipinski definition) is 6. The summed E-state index contributed by atoms with van der Waals surface area (Å²) in [4.78, 5) is 45.2. The fraction of sp³-hybridized carbons (Fsp3) is 0.567. The van der Waals surface area contributed by atoms with E-state index in [4.69, 9.17) is 21.1 Å². The number of rotatable bonds is 13. The molecule has 8 nitrogen and oxygen atoms in total. The number of anilines is 1. The van der Waals surface area contributed by atoms with E-state index >= 15 is 0 Å². The Morgan fingerprint density at radius 2 is 2.03 bits per heavy atom. The minimum atomic E-state index is -1.18. The van der Waals surface area contributed by atoms with Crippen molar-refractivity contribution in [1.29, 1.82) is 0 Å². The van der Waals surface area contributed by atoms with Crippen molar-refractivity contribution >= 4 is 35.1 Å². The van der Waals surface area contributed by atoms with Crippen LogP contribution in [-0.2, 0) is 23.9 Å². The Labute approximate surface area is 235 Å². The third-order valence-corrected chi connectivity index (χ3v) is 8.85. The maximum absolute atomic E-state index is 14.5. The molecule has 9 heteroatoms. The van der Waals surface area contributed by atoms with Crippen molar-refractivity contribution in [2.75, 3.05) is 24.7 Å². The quantitative estimate of drug-likeness (QED) is 0.222. The monoisotopic (exact) mass is 558 g/mol. The number of carbonyl (C=O) groups excluding carboxylic acids is 3. The normalized spacial score (nSPS) is 28.6. The molecule has 0 saturated carbocycles. The van der Waals surface area contributed by atoms with Crippen molar-refractivity contribution in [1.82, 2.24) is 4.90 Å². The highest BCUT2D eigenvalue weighted by Gasteiger charge is 2.75. The highest BCUT2D eigenvalue weighted by atomic mass is 35.5. The summed E-state index contributed by atoms with van der Waals surface area (Å²) in [5.74, 6) is -2.88. The SMILES string of the molecule is C=CCCCOC(=O)[C@@H]1[C@@H]2CCC3(O2)C(C(=O)N(CC=C)c2ccc(Cl)cc2)N([C@@H](CO)[C@@H](C)CC)C(=O)[C@H]13. The van der Waals surface area contributed by atoms with Crippen molar-refractivity contribution in [3.05, 3.63) is 54.6 Å². The summed E-state index contributed by atoms with van der Waals surface area (Å²) in [5.41, 5.74) is -0.581. The number of benzene rings is 1. The predicted molar refractivity (Wildman–Crippen MR) is 149 cm³/mol. The lowest BCUT2D eigenvalue weighted by molar-refractivity contribution is -0.156. The number of aliphatic hydroxyl groups is 1. The second kappa shape index (κ2) is 12.2. The average Bonchev–Trinajstić information content (AvgIpc) is 3.58. The third kappa shape index (κ3) is 5.14. The number of unbranched alkanes of at least 4 members (excludes halogenated alkanes) is 1. The maximum Gasteiger partial charge on any atom is 0.312 e. The number of amides is 2. The largest absolute Gasteiger partial charge is 0.465 e. The molecule has 4 rings (SSSR count). The Bertz CT molecular complexity index is 1090. The lowest BCUT2D eigenvalue weighted by Gasteiger charge is -2.40. The van der Waals surface area contributed by atoms with Crippen LogP contribution in [0.25, 0.3) is 0 Å². The van der Waals surface area contributed by atoms with Gasteiger partial charge in [-0.05, 0) is 55.9 Å². The number of likely N-dealkylation sites (tertiary alicyclic amines) is 1. The number of nitrogens with zero attached hydrogens (tertiary/aromatic N) is 2. The van der Waals surface area contributed by atoms with E-state index in [0.717, 1.165) is 0 Å². The van der Waals surface area contributed by atoms with Gasteiger partial charge in [0, 0.05) is 17.3 Å². The molecule has 3 fully saturated rings. The second-order valence-corrected chi connectivity index (χ2v) is 11.2. The number of ether oxygens (including phenoxy) is 2. The molecule has 2 amide bonds. The van der Waals surface area contributed by atoms with Gasteiger partial charge in [0.15, 0.2) is 0 Å². The van der Waals surface area contributed by atoms with E-state index in [2.05, 4.69) is 13.2 Å². The lowest BCUT2D eigenvalue weighted by Crippen LogP contribution is -2.60. The molecular weight excluding hydrogens is 520 g/mol. The van der Waals surface area contributed by atoms with Crippen LogP contribution in [0.15, 0.2) is 49.6 Å². The van der Waals surface area contributed by atoms with E-state index in [-0.39, 0.29) is 37.5 Å². The minimum absolute atomic E-state index is 0.0885. The van der Waals surface area contributed by atoms with Gasteiger partial charge in [0.2, 0.25) is 5.91 Å². The third-order valence-electron chi connectivity index (χ3n) is 8.60. The molecule has 0 radical (unpaired) electrons. The molecule has 1 aromatic carbocycles. The zero-order valence-corrected chi connectivity index (χ0v) is 23.5. The standard InChI is InChI=1S/C30H39ClN2O6/c1-5-8-9-17-38-29(37)24-23-14-15-30(39-23)25(24)27(35)33(22(18-34)19(4)7-3)26(30)28(36)32(16-6-2)21-12-10-20(31)11-13-21/h5-6,10-13,19,22-26,34H,1-2,7-9,14-18H2,3-4H3/t19-,22-,23-,24+,25-,26?,30?/m0/s1. The molecule has 0 aliphatic carbocycles. The van der Waals surface area contributed by atoms with Crippen LogP contribution >= 0.6 is 11.6 Å². The van der Waals surface area contributed by atoms with Gasteiger partial charge in [-0.2, -0.15) is 0 Å². The summed E-state index contributed by atoms with van der Waals surface area (Å²) in [6.07, 6.45) is 5.94. The Morgan fingerprint density at radius 3 is 2.64 bits per heavy atom. The van der Waals surface area contributed by atoms with E-state index in [1.54, 1.807) is 41.3 Å². The fourth-order valence-electron chi connectivity index (χ4n) is 6.53. The molecule has 1 aromatic rings. The van der Waals surface area contributed by atoms with Gasteiger partial charge in [0.1, 0.15) is 11.6 Å². The number of fused-ring (bicyclic) bond motifs is 1. The topological polar surface area (TPSA) is 96.4 Å². The van der Waals surface area contributed by atoms with Gasteiger partial charge in [0.25, 0.3) is 5.91 Å². The van der Waals surface area contributed by atoms with Crippen molar-refractivity contribution in [3.63, 3.8) is 0 Å². The van der Waals surface area contributed by atoms with Gasteiger partial charge in [0.05, 0.1) is 37.2 Å². The van der Waals surface area contributed by atoms with Gasteiger partial charge >= 0.3 is 5.97 Å². The molecular formula is C30H39ClN2O6. The maximum atomic E-state index is 14.5. The Morgan fingerprint density at radius 1 is 1.31 bits per heavy atom. The van der Waals surface area contributed by atoms with Crippen molar-refractivity contribution in [2.45, 2.75) is 69.7 Å². The summed E-state index contributed by atoms with van der Waals surface area (Å²) in [6.45, 7) is 11.6. The van der Waals surface area contributed by atoms with Gasteiger partial charge in [-0.15, -0.1) is 13.2 Å². The van der Waals surface area contributed by atoms with Crippen LogP contribution in [0.4, 0.5) is 5.69 Å². The van der Waals surface area contributed by atoms with Crippen LogP contribution in [0.1, 0.15) is 46.0 Å². The first-order valence-corrected chi connectivity index (χ1v) is 14.2. The Kier molecular flexibility index (Phi) is 9.19. The first-order chi connectivity index (χ1) is 18.7. The number of esters is 1. The van der Waals surface area contributed by atoms with Crippen LogP contribution in [0, 0.1) is 17.8 Å². The predicted octanol–water partition coefficient (Wildman–Crippen LogP) is 4.15. The minimum Gasteiger partial charge on any atom is -0.465 e. The number of hydrogen-bond donors (Lipinski definition) is 1. The number of carbonyl (C=O) groups is 3. The van der Waals surface area contributed by atoms with Crippen LogP contribution < -0.4 is 4.90 Å². The molecule has 3 aliphatic rings. The van der Waals surface area contributed by atoms with Gasteiger partial charge in [-0.1, -0.05) is 44.0 Å². The molecule has 2 bridgehead atoms. The van der Waals surface area contributed by atoms with E-state index < -0.39 is 41.6 Å². The zero-order chi connectivity index (χ0) is 28.3. The van der Waals surface area contributed by atoms with Crippen LogP contribution in [0.5, 0.6) is 0 Å². The molecule has 0 aromatic heterocycles. The average molecular weight is 559 g/mol. The summed E-state index contributed by atoms with van der Waals surface area (Å²) < 4.78 is 12.1. The molecule has 39 heavy (non-hydrogen) atoms. The van der Waals surface area contributed by atoms with E-state index in [1.165, 1.54) is 4.90 Å². The molecule has 1 N–H and O–H groups in total. The summed E-state index contributed by atoms with van der Waals surface area (Å²) >= 11 is 6.10. The molecule has 7 atom stereocenters. The smallest absolute Gasteiger partial charge is 0.312 e. The second-order valence-electron chi connectivity index (χ2n) is 10.7. The molecule has 3 saturated heterocycles. The highest BCUT2D eigenvalue weighted by Crippen LogP contribution is 2.59. The van der Waals surface area contributed by atoms with Gasteiger partial charge in [-0.3, -0.25) is 14.4 Å². The van der Waals surface area contributed by atoms with Crippen LogP contribution in [0.2, 0.25) is 5.02 Å². The van der Waals surface area contributed by atoms with Crippen LogP contribution in [-0.4, -0.2) is 71.3 Å². The molecule has 212 valence electrons. The van der Waals surface area contributed by atoms with E-state index in [9.17, 15) is 19.5 Å². The number of allylic oxidation sites excluding steroid dienone is 1. The van der Waals surface area contributed by atoms with E-state index in [0.29, 0.717) is 42.8 Å². The first-order valence-electron chi connectivity index (χ1n) is 13.8. The fourth-order valence-corrected chi connectivity index (χ4v) is 6.65. The summed E-state index contributed by atoms with van der Waals surface area (Å²) in [7, 11) is 0. The Hall–Kier alpha value is -2.68. The van der Waals surface area contributed by atoms with Crippen LogP contribution in [0.3, 0.4) is 0 Å². The van der Waals surface area contributed by atoms with Crippen molar-refractivity contribution < 1.29 is 29.0 Å². The number of aliphatic hydroxyl groups excluding tert-OH is 1. The van der Waals surface area contributed by atoms with Crippen molar-refractivity contribution in [2.24, 2.45) is 17.8 Å². The van der Waals surface area contributed by atoms with Gasteiger partial charge in [-0.25, -0.2) is 0 Å². The summed E-state index contributed by atoms with van der Waals surface area (Å²) in [5, 5.41) is 11.0. The van der Waals surface area contributed by atoms with Gasteiger partial charge < -0.3 is 24.4 Å². The lowest BCUT2D eigenvalue weighted by atomic mass is 9.70. The zero-order valence-electron chi connectivity index (χ0n) is 22.8. The first kappa shape index (κ1) is 29.3. The highest BCUT2D eigenvalue weighted by molar-refractivity contribution is 6.30. The Balaban J connectivity index is 1.76. The molecule has 3 aliphatic heterocycles. The van der Waals surface area contributed by atoms with E-state index in [1.807, 2.05) is 13.8 Å². The molecule has 2 unspecified atom stereocenters.